The van der Waals surface area contributed by atoms with Crippen molar-refractivity contribution in [3.05, 3.63) is 61.5 Å². The molecule has 2 aromatic carbocycles. The molecule has 4 nitrogen and oxygen atoms in total. The van der Waals surface area contributed by atoms with E-state index in [2.05, 4.69) is 37.2 Å². The third-order valence-corrected chi connectivity index (χ3v) is 4.78. The fourth-order valence-electron chi connectivity index (χ4n) is 2.08. The Hall–Kier alpha value is -1.66. The van der Waals surface area contributed by atoms with Gasteiger partial charge in [0.1, 0.15) is 0 Å². The molecule has 1 N–H and O–H groups in total. The van der Waals surface area contributed by atoms with Crippen molar-refractivity contribution < 1.29 is 14.3 Å². The second-order valence-electron chi connectivity index (χ2n) is 5.53. The first-order chi connectivity index (χ1) is 11.3. The topological polar surface area (TPSA) is 55.4 Å². The first kappa shape index (κ1) is 18.7. The highest BCUT2D eigenvalue weighted by atomic mass is 79.9. The zero-order valence-electron chi connectivity index (χ0n) is 13.6. The Morgan fingerprint density at radius 2 is 1.62 bits per heavy atom. The minimum atomic E-state index is -0.518. The van der Waals surface area contributed by atoms with Crippen molar-refractivity contribution in [2.45, 2.75) is 20.8 Å². The highest BCUT2D eigenvalue weighted by Crippen LogP contribution is 2.32. The van der Waals surface area contributed by atoms with Crippen molar-refractivity contribution in [2.24, 2.45) is 0 Å². The van der Waals surface area contributed by atoms with E-state index < -0.39 is 11.9 Å². The Morgan fingerprint density at radius 3 is 2.21 bits per heavy atom. The second-order valence-corrected chi connectivity index (χ2v) is 7.24. The molecule has 0 aliphatic rings. The zero-order valence-corrected chi connectivity index (χ0v) is 16.7. The molecule has 0 heterocycles. The molecule has 0 radical (unpaired) electrons. The molecule has 126 valence electrons. The fourth-order valence-corrected chi connectivity index (χ4v) is 3.69. The Kier molecular flexibility index (Phi) is 6.18. The van der Waals surface area contributed by atoms with Gasteiger partial charge in [-0.15, -0.1) is 0 Å². The summed E-state index contributed by atoms with van der Waals surface area (Å²) in [6, 6.07) is 9.08. The number of aryl methyl sites for hydroxylation is 3. The number of nitrogens with one attached hydrogen (secondary N) is 1. The summed E-state index contributed by atoms with van der Waals surface area (Å²) in [5.41, 5.74) is 4.18. The fraction of sp³-hybridized carbons (Fsp3) is 0.222. The van der Waals surface area contributed by atoms with Gasteiger partial charge < -0.3 is 10.1 Å². The van der Waals surface area contributed by atoms with E-state index in [1.54, 1.807) is 12.1 Å². The number of hydrogen-bond donors (Lipinski definition) is 1. The van der Waals surface area contributed by atoms with Crippen LogP contribution >= 0.6 is 31.9 Å². The Labute approximate surface area is 157 Å². The molecule has 2 aromatic rings. The minimum Gasteiger partial charge on any atom is -0.452 e. The van der Waals surface area contributed by atoms with Crippen molar-refractivity contribution in [3.63, 3.8) is 0 Å². The van der Waals surface area contributed by atoms with Crippen LogP contribution < -0.4 is 5.32 Å². The summed E-state index contributed by atoms with van der Waals surface area (Å²) in [6.45, 7) is 5.49. The lowest BCUT2D eigenvalue weighted by atomic mass is 10.1. The van der Waals surface area contributed by atoms with Crippen molar-refractivity contribution >= 4 is 49.4 Å². The van der Waals surface area contributed by atoms with Crippen molar-refractivity contribution in [2.75, 3.05) is 11.9 Å². The smallest absolute Gasteiger partial charge is 0.338 e. The normalized spacial score (nSPS) is 10.4. The van der Waals surface area contributed by atoms with E-state index in [0.29, 0.717) is 11.3 Å². The minimum absolute atomic E-state index is 0.349. The monoisotopic (exact) mass is 453 g/mol. The van der Waals surface area contributed by atoms with E-state index in [-0.39, 0.29) is 6.61 Å². The van der Waals surface area contributed by atoms with Crippen molar-refractivity contribution in [1.29, 1.82) is 0 Å². The van der Waals surface area contributed by atoms with Gasteiger partial charge in [-0.1, -0.05) is 6.07 Å². The third kappa shape index (κ3) is 4.68. The highest BCUT2D eigenvalue weighted by Gasteiger charge is 2.14. The van der Waals surface area contributed by atoms with Gasteiger partial charge in [-0.2, -0.15) is 0 Å². The van der Waals surface area contributed by atoms with Gasteiger partial charge in [0, 0.05) is 8.95 Å². The first-order valence-electron chi connectivity index (χ1n) is 7.28. The quantitative estimate of drug-likeness (QED) is 0.666. The van der Waals surface area contributed by atoms with Crippen LogP contribution in [0.25, 0.3) is 0 Å². The second kappa shape index (κ2) is 7.94. The third-order valence-electron chi connectivity index (χ3n) is 3.53. The number of hydrogen-bond acceptors (Lipinski definition) is 3. The largest absolute Gasteiger partial charge is 0.452 e. The Bertz CT molecular complexity index is 780. The maximum atomic E-state index is 12.0. The molecule has 2 rings (SSSR count). The van der Waals surface area contributed by atoms with Crippen molar-refractivity contribution in [3.8, 4) is 0 Å². The molecule has 0 saturated carbocycles. The van der Waals surface area contributed by atoms with Crippen LogP contribution in [0.4, 0.5) is 5.69 Å². The molecular weight excluding hydrogens is 438 g/mol. The van der Waals surface area contributed by atoms with Crippen LogP contribution in [0.15, 0.2) is 39.3 Å². The number of amides is 1. The van der Waals surface area contributed by atoms with Crippen LogP contribution in [-0.4, -0.2) is 18.5 Å². The number of esters is 1. The lowest BCUT2D eigenvalue weighted by Crippen LogP contribution is -2.21. The van der Waals surface area contributed by atoms with Crippen LogP contribution in [0.3, 0.4) is 0 Å². The van der Waals surface area contributed by atoms with Crippen LogP contribution in [-0.2, 0) is 9.53 Å². The van der Waals surface area contributed by atoms with Crippen LogP contribution in [0.1, 0.15) is 27.0 Å². The lowest BCUT2D eigenvalue weighted by Gasteiger charge is -2.11. The summed E-state index contributed by atoms with van der Waals surface area (Å²) in [4.78, 5) is 24.1. The van der Waals surface area contributed by atoms with Gasteiger partial charge >= 0.3 is 5.97 Å². The summed E-state index contributed by atoms with van der Waals surface area (Å²) < 4.78 is 6.58. The summed E-state index contributed by atoms with van der Waals surface area (Å²) in [5.74, 6) is -0.923. The first-order valence-corrected chi connectivity index (χ1v) is 8.86. The predicted molar refractivity (Wildman–Crippen MR) is 101 cm³/mol. The summed E-state index contributed by atoms with van der Waals surface area (Å²) >= 11 is 6.81. The number of halogens is 2. The molecule has 0 unspecified atom stereocenters. The van der Waals surface area contributed by atoms with Gasteiger partial charge in [0.15, 0.2) is 6.61 Å². The molecule has 0 aromatic heterocycles. The molecule has 0 saturated heterocycles. The van der Waals surface area contributed by atoms with Crippen LogP contribution in [0.2, 0.25) is 0 Å². The van der Waals surface area contributed by atoms with E-state index in [4.69, 9.17) is 4.74 Å². The summed E-state index contributed by atoms with van der Waals surface area (Å²) in [7, 11) is 0. The molecule has 0 fully saturated rings. The molecule has 0 atom stereocenters. The molecule has 0 aliphatic heterocycles. The molecule has 0 aliphatic carbocycles. The SMILES string of the molecule is Cc1cc(Br)c(NC(=O)COC(=O)c2ccc(C)c(C)c2)c(Br)c1. The molecular formula is C18H17Br2NO3. The lowest BCUT2D eigenvalue weighted by molar-refractivity contribution is -0.119. The number of anilines is 1. The van der Waals surface area contributed by atoms with Crippen LogP contribution in [0.5, 0.6) is 0 Å². The predicted octanol–water partition coefficient (Wildman–Crippen LogP) is 4.93. The molecule has 0 bridgehead atoms. The van der Waals surface area contributed by atoms with Gasteiger partial charge in [0.05, 0.1) is 11.3 Å². The standard InChI is InChI=1S/C18H17Br2NO3/c1-10-6-14(19)17(15(20)7-10)21-16(22)9-24-18(23)13-5-4-11(2)12(3)8-13/h4-8H,9H2,1-3H3,(H,21,22). The van der Waals surface area contributed by atoms with Gasteiger partial charge in [-0.25, -0.2) is 4.79 Å². The van der Waals surface area contributed by atoms with Gasteiger partial charge in [0.25, 0.3) is 5.91 Å². The number of ether oxygens (including phenoxy) is 1. The molecule has 24 heavy (non-hydrogen) atoms. The van der Waals surface area contributed by atoms with Crippen LogP contribution in [0, 0.1) is 20.8 Å². The Morgan fingerprint density at radius 1 is 1.00 bits per heavy atom. The number of carbonyl (C=O) groups excluding carboxylic acids is 2. The van der Waals surface area contributed by atoms with E-state index in [9.17, 15) is 9.59 Å². The maximum Gasteiger partial charge on any atom is 0.338 e. The summed E-state index contributed by atoms with van der Waals surface area (Å²) in [6.07, 6.45) is 0. The van der Waals surface area contributed by atoms with Crippen molar-refractivity contribution in [1.82, 2.24) is 0 Å². The van der Waals surface area contributed by atoms with Gasteiger partial charge in [-0.05, 0) is 93.6 Å². The molecule has 1 amide bonds. The number of benzene rings is 2. The average Bonchev–Trinajstić information content (AvgIpc) is 2.51. The maximum absolute atomic E-state index is 12.0. The summed E-state index contributed by atoms with van der Waals surface area (Å²) in [5, 5.41) is 2.72. The van der Waals surface area contributed by atoms with Gasteiger partial charge in [-0.3, -0.25) is 4.79 Å². The van der Waals surface area contributed by atoms with E-state index >= 15 is 0 Å². The van der Waals surface area contributed by atoms with E-state index in [1.807, 2.05) is 39.0 Å². The number of carbonyl (C=O) groups is 2. The highest BCUT2D eigenvalue weighted by molar-refractivity contribution is 9.11. The average molecular weight is 455 g/mol. The van der Waals surface area contributed by atoms with E-state index in [0.717, 1.165) is 25.6 Å². The van der Waals surface area contributed by atoms with Gasteiger partial charge in [0.2, 0.25) is 0 Å². The molecule has 6 heteroatoms. The Balaban J connectivity index is 1.98. The molecule has 0 spiro atoms. The van der Waals surface area contributed by atoms with E-state index in [1.165, 1.54) is 0 Å². The number of rotatable bonds is 4. The zero-order chi connectivity index (χ0) is 17.9.